The van der Waals surface area contributed by atoms with Crippen molar-refractivity contribution < 1.29 is 29.3 Å². The summed E-state index contributed by atoms with van der Waals surface area (Å²) in [6.45, 7) is 3.60. The highest BCUT2D eigenvalue weighted by Crippen LogP contribution is 2.24. The number of carboxylic acids is 2. The second-order valence-corrected chi connectivity index (χ2v) is 5.09. The number of aromatic carboxylic acids is 2. The van der Waals surface area contributed by atoms with Gasteiger partial charge in [0.15, 0.2) is 0 Å². The summed E-state index contributed by atoms with van der Waals surface area (Å²) < 4.78 is 10.4. The molecule has 0 spiro atoms. The van der Waals surface area contributed by atoms with Crippen molar-refractivity contribution in [2.24, 2.45) is 0 Å². The van der Waals surface area contributed by atoms with Gasteiger partial charge in [0, 0.05) is 12.2 Å². The van der Waals surface area contributed by atoms with Crippen LogP contribution in [0.3, 0.4) is 0 Å². The number of hydrogen-bond donors (Lipinski definition) is 2. The Morgan fingerprint density at radius 2 is 1.72 bits per heavy atom. The van der Waals surface area contributed by atoms with E-state index in [1.165, 1.54) is 18.2 Å². The van der Waals surface area contributed by atoms with Crippen LogP contribution >= 0.6 is 0 Å². The van der Waals surface area contributed by atoms with E-state index in [2.05, 4.69) is 11.8 Å². The first-order valence-corrected chi connectivity index (χ1v) is 7.72. The average Bonchev–Trinajstić information content (AvgIpc) is 2.59. The van der Waals surface area contributed by atoms with Crippen LogP contribution in [0.25, 0.3) is 10.8 Å². The van der Waals surface area contributed by atoms with Gasteiger partial charge in [-0.25, -0.2) is 9.59 Å². The van der Waals surface area contributed by atoms with E-state index >= 15 is 0 Å². The summed E-state index contributed by atoms with van der Waals surface area (Å²) in [7, 11) is 0. The summed E-state index contributed by atoms with van der Waals surface area (Å²) in [5.41, 5.74) is 0.478. The van der Waals surface area contributed by atoms with E-state index in [-0.39, 0.29) is 17.7 Å². The minimum atomic E-state index is -1.14. The number of hydrogen-bond acceptors (Lipinski definition) is 4. The van der Waals surface area contributed by atoms with Gasteiger partial charge < -0.3 is 19.7 Å². The SMILES string of the molecule is CCOCCOCC#Cc1cc(C(=O)O)c2cccc(C(=O)O)c2c1. The molecule has 25 heavy (non-hydrogen) atoms. The van der Waals surface area contributed by atoms with Gasteiger partial charge in [0.1, 0.15) is 6.61 Å². The zero-order valence-corrected chi connectivity index (χ0v) is 13.7. The molecule has 0 bridgehead atoms. The van der Waals surface area contributed by atoms with Gasteiger partial charge in [0.25, 0.3) is 0 Å². The zero-order valence-electron chi connectivity index (χ0n) is 13.7. The third kappa shape index (κ3) is 4.80. The van der Waals surface area contributed by atoms with Crippen LogP contribution in [-0.2, 0) is 9.47 Å². The second kappa shape index (κ2) is 8.83. The van der Waals surface area contributed by atoms with Crippen LogP contribution in [0.2, 0.25) is 0 Å². The molecule has 0 saturated carbocycles. The molecule has 0 saturated heterocycles. The predicted octanol–water partition coefficient (Wildman–Crippen LogP) is 2.64. The Labute approximate surface area is 145 Å². The second-order valence-electron chi connectivity index (χ2n) is 5.09. The maximum Gasteiger partial charge on any atom is 0.336 e. The lowest BCUT2D eigenvalue weighted by molar-refractivity contribution is 0.0662. The van der Waals surface area contributed by atoms with Gasteiger partial charge in [-0.1, -0.05) is 24.0 Å². The van der Waals surface area contributed by atoms with E-state index in [1.54, 1.807) is 12.1 Å². The van der Waals surface area contributed by atoms with Crippen LogP contribution in [-0.4, -0.2) is 48.6 Å². The van der Waals surface area contributed by atoms with Crippen LogP contribution in [0, 0.1) is 11.8 Å². The van der Waals surface area contributed by atoms with E-state index in [4.69, 9.17) is 9.47 Å². The quantitative estimate of drug-likeness (QED) is 0.593. The summed E-state index contributed by atoms with van der Waals surface area (Å²) in [5.74, 6) is 3.35. The Balaban J connectivity index is 2.31. The van der Waals surface area contributed by atoms with Crippen molar-refractivity contribution in [3.63, 3.8) is 0 Å². The Hall–Kier alpha value is -2.88. The number of ether oxygens (including phenoxy) is 2. The topological polar surface area (TPSA) is 93.1 Å². The third-order valence-electron chi connectivity index (χ3n) is 3.44. The number of carboxylic acid groups (broad SMARTS) is 2. The van der Waals surface area contributed by atoms with Crippen molar-refractivity contribution in [2.45, 2.75) is 6.92 Å². The summed E-state index contributed by atoms with van der Waals surface area (Å²) in [6, 6.07) is 7.56. The maximum absolute atomic E-state index is 11.5. The molecule has 0 amide bonds. The van der Waals surface area contributed by atoms with Crippen LogP contribution < -0.4 is 0 Å². The Morgan fingerprint density at radius 1 is 1.00 bits per heavy atom. The lowest BCUT2D eigenvalue weighted by atomic mass is 9.97. The fourth-order valence-electron chi connectivity index (χ4n) is 2.35. The molecule has 2 rings (SSSR count). The summed E-state index contributed by atoms with van der Waals surface area (Å²) in [4.78, 5) is 22.9. The molecule has 2 aromatic carbocycles. The molecule has 0 unspecified atom stereocenters. The van der Waals surface area contributed by atoms with Crippen LogP contribution in [0.15, 0.2) is 30.3 Å². The van der Waals surface area contributed by atoms with Gasteiger partial charge in [-0.15, -0.1) is 0 Å². The highest BCUT2D eigenvalue weighted by Gasteiger charge is 2.15. The molecule has 130 valence electrons. The molecule has 0 radical (unpaired) electrons. The molecule has 0 aromatic heterocycles. The van der Waals surface area contributed by atoms with Crippen LogP contribution in [0.1, 0.15) is 33.2 Å². The van der Waals surface area contributed by atoms with E-state index in [0.29, 0.717) is 36.2 Å². The monoisotopic (exact) mass is 342 g/mol. The minimum Gasteiger partial charge on any atom is -0.478 e. The Bertz CT molecular complexity index is 844. The van der Waals surface area contributed by atoms with Crippen molar-refractivity contribution >= 4 is 22.7 Å². The summed E-state index contributed by atoms with van der Waals surface area (Å²) >= 11 is 0. The number of carbonyl (C=O) groups is 2. The van der Waals surface area contributed by atoms with Crippen molar-refractivity contribution in [1.29, 1.82) is 0 Å². The fourth-order valence-corrected chi connectivity index (χ4v) is 2.35. The molecule has 0 atom stereocenters. The fraction of sp³-hybridized carbons (Fsp3) is 0.263. The number of fused-ring (bicyclic) bond motifs is 1. The van der Waals surface area contributed by atoms with E-state index in [1.807, 2.05) is 6.92 Å². The molecule has 0 fully saturated rings. The minimum absolute atomic E-state index is 0.0159. The molecule has 0 aliphatic heterocycles. The Kier molecular flexibility index (Phi) is 6.52. The van der Waals surface area contributed by atoms with Gasteiger partial charge in [0.2, 0.25) is 0 Å². The highest BCUT2D eigenvalue weighted by molar-refractivity contribution is 6.11. The molecule has 6 heteroatoms. The van der Waals surface area contributed by atoms with Crippen molar-refractivity contribution in [3.05, 3.63) is 47.0 Å². The molecule has 6 nitrogen and oxygen atoms in total. The molecule has 0 heterocycles. The van der Waals surface area contributed by atoms with Crippen molar-refractivity contribution in [3.8, 4) is 11.8 Å². The largest absolute Gasteiger partial charge is 0.478 e. The maximum atomic E-state index is 11.5. The van der Waals surface area contributed by atoms with Gasteiger partial charge in [-0.2, -0.15) is 0 Å². The lowest BCUT2D eigenvalue weighted by Crippen LogP contribution is -2.04. The van der Waals surface area contributed by atoms with Crippen molar-refractivity contribution in [1.82, 2.24) is 0 Å². The normalized spacial score (nSPS) is 10.3. The number of rotatable bonds is 7. The molecule has 2 N–H and O–H groups in total. The Morgan fingerprint density at radius 3 is 2.40 bits per heavy atom. The van der Waals surface area contributed by atoms with Crippen molar-refractivity contribution in [2.75, 3.05) is 26.4 Å². The molecule has 0 aliphatic carbocycles. The van der Waals surface area contributed by atoms with Crippen LogP contribution in [0.5, 0.6) is 0 Å². The van der Waals surface area contributed by atoms with Gasteiger partial charge in [-0.3, -0.25) is 0 Å². The highest BCUT2D eigenvalue weighted by atomic mass is 16.5. The summed E-state index contributed by atoms with van der Waals surface area (Å²) in [5, 5.41) is 19.4. The third-order valence-corrected chi connectivity index (χ3v) is 3.44. The number of benzene rings is 2. The molecule has 0 aliphatic rings. The lowest BCUT2D eigenvalue weighted by Gasteiger charge is -2.07. The molecular weight excluding hydrogens is 324 g/mol. The summed E-state index contributed by atoms with van der Waals surface area (Å²) in [6.07, 6.45) is 0. The smallest absolute Gasteiger partial charge is 0.336 e. The first-order chi connectivity index (χ1) is 12.0. The van der Waals surface area contributed by atoms with Gasteiger partial charge in [0.05, 0.1) is 24.3 Å². The van der Waals surface area contributed by atoms with E-state index in [9.17, 15) is 19.8 Å². The first kappa shape index (κ1) is 18.5. The average molecular weight is 342 g/mol. The van der Waals surface area contributed by atoms with Gasteiger partial charge >= 0.3 is 11.9 Å². The zero-order chi connectivity index (χ0) is 18.2. The van der Waals surface area contributed by atoms with E-state index in [0.717, 1.165) is 0 Å². The molecule has 2 aromatic rings. The molecular formula is C19H18O6. The first-order valence-electron chi connectivity index (χ1n) is 7.72. The van der Waals surface area contributed by atoms with Gasteiger partial charge in [-0.05, 0) is 35.9 Å². The van der Waals surface area contributed by atoms with Crippen LogP contribution in [0.4, 0.5) is 0 Å². The standard InChI is InChI=1S/C19H18O6/c1-2-24-9-10-25-8-4-5-13-11-16-14(17(12-13)19(22)23)6-3-7-15(16)18(20)21/h3,6-7,11-12H,2,8-10H2,1H3,(H,20,21)(H,22,23). The van der Waals surface area contributed by atoms with E-state index < -0.39 is 11.9 Å². The predicted molar refractivity (Wildman–Crippen MR) is 92.1 cm³/mol.